The largest absolute Gasteiger partial charge is 0.459 e. The quantitative estimate of drug-likeness (QED) is 0.145. The maximum absolute atomic E-state index is 14.3. The molecule has 0 spiro atoms. The summed E-state index contributed by atoms with van der Waals surface area (Å²) in [6.45, 7) is 17.8. The van der Waals surface area contributed by atoms with Crippen LogP contribution in [-0.4, -0.2) is 182 Å². The van der Waals surface area contributed by atoms with E-state index in [1.54, 1.807) is 61.0 Å². The molecule has 0 aromatic carbocycles. The molecule has 3 saturated heterocycles. The number of cyclic esters (lactones) is 1. The molecule has 3 heterocycles. The van der Waals surface area contributed by atoms with E-state index in [1.807, 2.05) is 37.7 Å². The van der Waals surface area contributed by atoms with Crippen molar-refractivity contribution in [3.05, 3.63) is 0 Å². The molecule has 56 heavy (non-hydrogen) atoms. The molecule has 3 fully saturated rings. The van der Waals surface area contributed by atoms with Crippen LogP contribution >= 0.6 is 0 Å². The number of methoxy groups -OCH3 is 1. The Bertz CT molecular complexity index is 1320. The van der Waals surface area contributed by atoms with Crippen molar-refractivity contribution >= 4 is 15.9 Å². The van der Waals surface area contributed by atoms with E-state index in [0.717, 1.165) is 0 Å². The zero-order valence-electron chi connectivity index (χ0n) is 36.7. The van der Waals surface area contributed by atoms with Crippen molar-refractivity contribution in [2.24, 2.45) is 17.8 Å². The first-order valence-corrected chi connectivity index (χ1v) is 23.2. The first-order valence-electron chi connectivity index (χ1n) is 20.4. The van der Waals surface area contributed by atoms with E-state index in [2.05, 4.69) is 0 Å². The number of esters is 1. The smallest absolute Gasteiger partial charge is 0.311 e. The van der Waals surface area contributed by atoms with Gasteiger partial charge >= 0.3 is 5.97 Å². The summed E-state index contributed by atoms with van der Waals surface area (Å²) in [6, 6.07) is -1.02. The fourth-order valence-corrected chi connectivity index (χ4v) is 10.6. The fourth-order valence-electron chi connectivity index (χ4n) is 9.30. The van der Waals surface area contributed by atoms with Gasteiger partial charge in [-0.25, -0.2) is 0 Å². The molecule has 0 amide bonds. The van der Waals surface area contributed by atoms with Crippen molar-refractivity contribution in [3.63, 3.8) is 0 Å². The zero-order valence-corrected chi connectivity index (χ0v) is 37.6. The van der Waals surface area contributed by atoms with Crippen LogP contribution in [0, 0.1) is 17.8 Å². The van der Waals surface area contributed by atoms with Crippen LogP contribution in [0.4, 0.5) is 0 Å². The molecule has 16 heteroatoms. The van der Waals surface area contributed by atoms with Crippen LogP contribution in [0.5, 0.6) is 0 Å². The summed E-state index contributed by atoms with van der Waals surface area (Å²) in [4.78, 5) is 18.1. The van der Waals surface area contributed by atoms with Crippen LogP contribution in [0.3, 0.4) is 0 Å². The van der Waals surface area contributed by atoms with Gasteiger partial charge in [0.05, 0.1) is 47.4 Å². The standard InChI is InChI=1S/C40H78N2O13S/c1-16-29-40(10,48)33(44)26(6)41(11)20-22(2)18-38(8,47)35(55-37-31(43)28(17-23(3)51-37)42(12)21-56(14,15)49)24(4)32(25(5)36(46)53-29)54-30-19-39(9,50-13)34(45)27(7)52-30/h22-35,37,43-45,47-48,56H,16-21H2,1-15H3/t22-,23-,24+,25-,26-,27+,28+,29-,30+,31-,32+,33-,34+,35-,37+,38-,39-,40-/m1/s1. The molecule has 3 aliphatic heterocycles. The molecule has 0 aliphatic carbocycles. The Balaban J connectivity index is 2.18. The molecule has 0 aromatic heterocycles. The normalized spacial score (nSPS) is 47.5. The van der Waals surface area contributed by atoms with Gasteiger partial charge in [-0.1, -0.05) is 30.7 Å². The highest BCUT2D eigenvalue weighted by Crippen LogP contribution is 2.40. The Morgan fingerprint density at radius 3 is 2.12 bits per heavy atom. The van der Waals surface area contributed by atoms with Gasteiger partial charge in [0.2, 0.25) is 0 Å². The number of rotatable bonds is 9. The van der Waals surface area contributed by atoms with Crippen molar-refractivity contribution in [3.8, 4) is 0 Å². The van der Waals surface area contributed by atoms with Gasteiger partial charge in [0.25, 0.3) is 0 Å². The summed E-state index contributed by atoms with van der Waals surface area (Å²) in [7, 11) is 2.65. The maximum atomic E-state index is 14.3. The molecule has 5 N–H and O–H groups in total. The number of hydrogen-bond donors (Lipinski definition) is 6. The third kappa shape index (κ3) is 11.7. The number of likely N-dealkylation sites (N-methyl/N-ethyl adjacent to an activating group) is 2. The number of ether oxygens (including phenoxy) is 6. The highest BCUT2D eigenvalue weighted by Gasteiger charge is 2.53. The minimum atomic E-state index is -2.49. The van der Waals surface area contributed by atoms with Gasteiger partial charge in [-0.2, -0.15) is 0 Å². The van der Waals surface area contributed by atoms with Gasteiger partial charge in [-0.05, 0) is 100 Å². The Morgan fingerprint density at radius 2 is 1.57 bits per heavy atom. The number of aliphatic hydroxyl groups is 5. The predicted octanol–water partition coefficient (Wildman–Crippen LogP) is 1.50. The van der Waals surface area contributed by atoms with Crippen LogP contribution < -0.4 is 0 Å². The zero-order chi connectivity index (χ0) is 42.9. The van der Waals surface area contributed by atoms with Crippen LogP contribution in [0.1, 0.15) is 94.9 Å². The van der Waals surface area contributed by atoms with Gasteiger partial charge in [-0.3, -0.25) is 13.9 Å². The molecule has 3 rings (SSSR count). The molecule has 3 aliphatic rings. The molecule has 0 aromatic rings. The second-order valence-corrected chi connectivity index (χ2v) is 22.1. The van der Waals surface area contributed by atoms with Crippen LogP contribution in [0.15, 0.2) is 0 Å². The number of carbonyl (C=O) groups excluding carboxylic acids is 1. The highest BCUT2D eigenvalue weighted by atomic mass is 32.2. The van der Waals surface area contributed by atoms with Gasteiger partial charge in [0.1, 0.15) is 30.0 Å². The number of thiol groups is 1. The van der Waals surface area contributed by atoms with E-state index in [1.165, 1.54) is 14.0 Å². The second kappa shape index (κ2) is 19.2. The monoisotopic (exact) mass is 827 g/mol. The Hall–Kier alpha value is -0.860. The van der Waals surface area contributed by atoms with Gasteiger partial charge in [0.15, 0.2) is 12.6 Å². The number of aliphatic hydroxyl groups excluding tert-OH is 3. The van der Waals surface area contributed by atoms with E-state index in [9.17, 15) is 34.5 Å². The molecule has 332 valence electrons. The van der Waals surface area contributed by atoms with E-state index in [0.29, 0.717) is 13.0 Å². The molecule has 15 nitrogen and oxygen atoms in total. The summed E-state index contributed by atoms with van der Waals surface area (Å²) >= 11 is 0. The average molecular weight is 827 g/mol. The van der Waals surface area contributed by atoms with Crippen LogP contribution in [0.2, 0.25) is 0 Å². The molecular formula is C40H78N2O13S. The minimum absolute atomic E-state index is 0.107. The minimum Gasteiger partial charge on any atom is -0.459 e. The summed E-state index contributed by atoms with van der Waals surface area (Å²) in [6.07, 6.45) is -5.60. The number of nitrogens with zero attached hydrogens (tertiary/aromatic N) is 2. The Labute approximate surface area is 337 Å². The molecule has 0 saturated carbocycles. The SMILES string of the molecule is CC[C@H]1OC(=O)[C@H](C)[C@@H](O[C@H]2C[C@@](C)(OC)[C@@H](O)[C@H](C)O2)[C@H](C)[C@@H](O[C@@H]2O[C@H](C)C[C@H](N(C)C[SH](C)(C)=O)[C@H]2O)[C@](C)(O)C[C@@H](C)CN(C)[C@H](C)[C@@H](O)[C@]1(C)O. The lowest BCUT2D eigenvalue weighted by Gasteiger charge is -2.49. The molecule has 0 radical (unpaired) electrons. The van der Waals surface area contributed by atoms with Crippen molar-refractivity contribution in [1.82, 2.24) is 9.80 Å². The fraction of sp³-hybridized carbons (Fsp3) is 0.975. The lowest BCUT2D eigenvalue weighted by molar-refractivity contribution is -0.318. The summed E-state index contributed by atoms with van der Waals surface area (Å²) < 4.78 is 50.5. The molecular weight excluding hydrogens is 749 g/mol. The van der Waals surface area contributed by atoms with Gasteiger partial charge in [0, 0.05) is 38.1 Å². The van der Waals surface area contributed by atoms with Crippen molar-refractivity contribution in [2.75, 3.05) is 46.1 Å². The second-order valence-electron chi connectivity index (χ2n) is 18.7. The highest BCUT2D eigenvalue weighted by molar-refractivity contribution is 8.01. The predicted molar refractivity (Wildman–Crippen MR) is 215 cm³/mol. The lowest BCUT2D eigenvalue weighted by atomic mass is 9.77. The third-order valence-corrected chi connectivity index (χ3v) is 13.8. The van der Waals surface area contributed by atoms with E-state index in [4.69, 9.17) is 28.4 Å². The number of hydrogen-bond acceptors (Lipinski definition) is 15. The van der Waals surface area contributed by atoms with Crippen molar-refractivity contribution in [1.29, 1.82) is 0 Å². The topological polar surface area (TPSA) is 197 Å². The van der Waals surface area contributed by atoms with E-state index < -0.39 is 112 Å². The van der Waals surface area contributed by atoms with Crippen molar-refractivity contribution < 1.29 is 63.0 Å². The first-order chi connectivity index (χ1) is 25.6. The van der Waals surface area contributed by atoms with Gasteiger partial charge < -0.3 is 58.9 Å². The molecule has 18 atom stereocenters. The van der Waals surface area contributed by atoms with E-state index in [-0.39, 0.29) is 37.2 Å². The molecule has 0 unspecified atom stereocenters. The van der Waals surface area contributed by atoms with Crippen LogP contribution in [-0.2, 0) is 43.1 Å². The summed E-state index contributed by atoms with van der Waals surface area (Å²) in [5.41, 5.74) is -4.48. The van der Waals surface area contributed by atoms with Crippen molar-refractivity contribution in [2.45, 2.75) is 185 Å². The Kier molecular flexibility index (Phi) is 17.0. The maximum Gasteiger partial charge on any atom is 0.311 e. The average Bonchev–Trinajstić information content (AvgIpc) is 3.08. The number of carbonyl (C=O) groups is 1. The summed E-state index contributed by atoms with van der Waals surface area (Å²) in [5.74, 6) is -2.47. The first kappa shape index (κ1) is 49.5. The van der Waals surface area contributed by atoms with Crippen LogP contribution in [0.25, 0.3) is 0 Å². The van der Waals surface area contributed by atoms with Gasteiger partial charge in [-0.15, -0.1) is 0 Å². The lowest BCUT2D eigenvalue weighted by Crippen LogP contribution is -2.61. The third-order valence-electron chi connectivity index (χ3n) is 12.7. The Morgan fingerprint density at radius 1 is 0.964 bits per heavy atom. The summed E-state index contributed by atoms with van der Waals surface area (Å²) in [5, 5.41) is 58.7. The molecule has 0 bridgehead atoms. The van der Waals surface area contributed by atoms with E-state index >= 15 is 0 Å².